The van der Waals surface area contributed by atoms with E-state index in [0.29, 0.717) is 6.04 Å². The Balaban J connectivity index is 2.02. The van der Waals surface area contributed by atoms with Gasteiger partial charge in [-0.3, -0.25) is 0 Å². The van der Waals surface area contributed by atoms with Crippen LogP contribution in [0.15, 0.2) is 40.8 Å². The number of benzene rings is 1. The zero-order chi connectivity index (χ0) is 13.1. The number of rotatable bonds is 4. The van der Waals surface area contributed by atoms with Gasteiger partial charge in [-0.05, 0) is 45.4 Å². The van der Waals surface area contributed by atoms with Crippen LogP contribution in [0.4, 0.5) is 0 Å². The summed E-state index contributed by atoms with van der Waals surface area (Å²) in [6, 6.07) is 13.2. The van der Waals surface area contributed by atoms with Gasteiger partial charge in [0, 0.05) is 6.04 Å². The van der Waals surface area contributed by atoms with Crippen LogP contribution in [0.25, 0.3) is 0 Å². The highest BCUT2D eigenvalue weighted by Crippen LogP contribution is 2.21. The number of aryl methyl sites for hydroxylation is 2. The van der Waals surface area contributed by atoms with Gasteiger partial charge in [-0.15, -0.1) is 0 Å². The molecule has 2 nitrogen and oxygen atoms in total. The van der Waals surface area contributed by atoms with Crippen molar-refractivity contribution in [2.75, 3.05) is 0 Å². The highest BCUT2D eigenvalue weighted by molar-refractivity contribution is 5.24. The molecule has 1 unspecified atom stereocenters. The highest BCUT2D eigenvalue weighted by atomic mass is 16.3. The van der Waals surface area contributed by atoms with Crippen molar-refractivity contribution in [1.29, 1.82) is 0 Å². The number of nitrogens with one attached hydrogen (secondary N) is 1. The first-order chi connectivity index (χ1) is 8.56. The van der Waals surface area contributed by atoms with Crippen LogP contribution in [-0.4, -0.2) is 0 Å². The Morgan fingerprint density at radius 1 is 0.889 bits per heavy atom. The summed E-state index contributed by atoms with van der Waals surface area (Å²) in [6.45, 7) is 8.38. The topological polar surface area (TPSA) is 25.2 Å². The first-order valence-corrected chi connectivity index (χ1v) is 6.45. The lowest BCUT2D eigenvalue weighted by molar-refractivity contribution is 0.392. The molecule has 1 aromatic carbocycles. The molecular weight excluding hydrogens is 222 g/mol. The third-order valence-electron chi connectivity index (χ3n) is 3.27. The van der Waals surface area contributed by atoms with Crippen LogP contribution < -0.4 is 5.32 Å². The average Bonchev–Trinajstić information content (AvgIpc) is 2.76. The van der Waals surface area contributed by atoms with Gasteiger partial charge in [-0.25, -0.2) is 0 Å². The van der Waals surface area contributed by atoms with Crippen molar-refractivity contribution in [3.05, 3.63) is 59.0 Å². The summed E-state index contributed by atoms with van der Waals surface area (Å²) in [6.07, 6.45) is 0. The molecule has 96 valence electrons. The third kappa shape index (κ3) is 3.02. The van der Waals surface area contributed by atoms with E-state index in [0.717, 1.165) is 11.5 Å². The van der Waals surface area contributed by atoms with Gasteiger partial charge >= 0.3 is 0 Å². The Kier molecular flexibility index (Phi) is 3.87. The number of furan rings is 1. The fraction of sp³-hybridized carbons (Fsp3) is 0.375. The molecule has 0 aliphatic carbocycles. The van der Waals surface area contributed by atoms with Gasteiger partial charge in [0.25, 0.3) is 0 Å². The zero-order valence-electron chi connectivity index (χ0n) is 11.5. The Hall–Kier alpha value is -1.54. The molecule has 18 heavy (non-hydrogen) atoms. The van der Waals surface area contributed by atoms with E-state index in [1.54, 1.807) is 0 Å². The molecule has 0 saturated heterocycles. The van der Waals surface area contributed by atoms with E-state index in [4.69, 9.17) is 4.42 Å². The summed E-state index contributed by atoms with van der Waals surface area (Å²) >= 11 is 0. The van der Waals surface area contributed by atoms with Gasteiger partial charge in [0.15, 0.2) is 0 Å². The van der Waals surface area contributed by atoms with Crippen LogP contribution in [0.1, 0.15) is 48.6 Å². The molecule has 0 bridgehead atoms. The summed E-state index contributed by atoms with van der Waals surface area (Å²) in [5.74, 6) is 1.95. The van der Waals surface area contributed by atoms with Crippen LogP contribution in [0.2, 0.25) is 0 Å². The maximum atomic E-state index is 5.64. The summed E-state index contributed by atoms with van der Waals surface area (Å²) in [5.41, 5.74) is 2.59. The predicted octanol–water partition coefficient (Wildman–Crippen LogP) is 4.31. The van der Waals surface area contributed by atoms with Crippen LogP contribution in [0.3, 0.4) is 0 Å². The summed E-state index contributed by atoms with van der Waals surface area (Å²) in [5, 5.41) is 3.55. The van der Waals surface area contributed by atoms with Crippen molar-refractivity contribution in [3.8, 4) is 0 Å². The molecule has 1 N–H and O–H groups in total. The van der Waals surface area contributed by atoms with E-state index in [2.05, 4.69) is 50.4 Å². The van der Waals surface area contributed by atoms with E-state index in [-0.39, 0.29) is 6.04 Å². The lowest BCUT2D eigenvalue weighted by Gasteiger charge is -2.19. The second-order valence-corrected chi connectivity index (χ2v) is 4.97. The Bertz CT molecular complexity index is 498. The highest BCUT2D eigenvalue weighted by Gasteiger charge is 2.13. The molecule has 2 rings (SSSR count). The van der Waals surface area contributed by atoms with Gasteiger partial charge in [-0.1, -0.05) is 29.8 Å². The maximum absolute atomic E-state index is 5.64. The molecule has 1 heterocycles. The second kappa shape index (κ2) is 5.40. The lowest BCUT2D eigenvalue weighted by atomic mass is 10.1. The first-order valence-electron chi connectivity index (χ1n) is 6.45. The van der Waals surface area contributed by atoms with E-state index < -0.39 is 0 Å². The van der Waals surface area contributed by atoms with E-state index >= 15 is 0 Å². The molecular formula is C16H21NO. The average molecular weight is 243 g/mol. The molecule has 0 aliphatic rings. The summed E-state index contributed by atoms with van der Waals surface area (Å²) < 4.78 is 5.64. The Morgan fingerprint density at radius 3 is 2.11 bits per heavy atom. The number of hydrogen-bond donors (Lipinski definition) is 1. The Labute approximate surface area is 109 Å². The van der Waals surface area contributed by atoms with Crippen LogP contribution in [-0.2, 0) is 0 Å². The summed E-state index contributed by atoms with van der Waals surface area (Å²) in [4.78, 5) is 0. The van der Waals surface area contributed by atoms with Gasteiger partial charge in [-0.2, -0.15) is 0 Å². The van der Waals surface area contributed by atoms with Crippen molar-refractivity contribution < 1.29 is 4.42 Å². The van der Waals surface area contributed by atoms with Crippen molar-refractivity contribution in [3.63, 3.8) is 0 Å². The predicted molar refractivity (Wildman–Crippen MR) is 74.6 cm³/mol. The monoisotopic (exact) mass is 243 g/mol. The first kappa shape index (κ1) is 12.9. The molecule has 0 aliphatic heterocycles. The number of hydrogen-bond acceptors (Lipinski definition) is 2. The van der Waals surface area contributed by atoms with Crippen molar-refractivity contribution in [2.45, 2.75) is 39.8 Å². The quantitative estimate of drug-likeness (QED) is 0.865. The fourth-order valence-corrected chi connectivity index (χ4v) is 2.09. The molecule has 0 fully saturated rings. The van der Waals surface area contributed by atoms with E-state index in [9.17, 15) is 0 Å². The summed E-state index contributed by atoms with van der Waals surface area (Å²) in [7, 11) is 0. The minimum Gasteiger partial charge on any atom is -0.465 e. The molecule has 0 spiro atoms. The lowest BCUT2D eigenvalue weighted by Crippen LogP contribution is -2.22. The van der Waals surface area contributed by atoms with Crippen molar-refractivity contribution in [1.82, 2.24) is 5.32 Å². The second-order valence-electron chi connectivity index (χ2n) is 4.97. The smallest absolute Gasteiger partial charge is 0.120 e. The van der Waals surface area contributed by atoms with E-state index in [1.807, 2.05) is 19.1 Å². The molecule has 2 heteroatoms. The molecule has 0 radical (unpaired) electrons. The van der Waals surface area contributed by atoms with Crippen LogP contribution in [0.5, 0.6) is 0 Å². The SMILES string of the molecule is Cc1ccc([C@H](C)NC(C)c2ccc(C)o2)cc1. The van der Waals surface area contributed by atoms with Gasteiger partial charge in [0.05, 0.1) is 6.04 Å². The third-order valence-corrected chi connectivity index (χ3v) is 3.27. The van der Waals surface area contributed by atoms with Gasteiger partial charge < -0.3 is 9.73 Å². The molecule has 2 aromatic rings. The van der Waals surface area contributed by atoms with Crippen molar-refractivity contribution in [2.24, 2.45) is 0 Å². The van der Waals surface area contributed by atoms with Crippen LogP contribution >= 0.6 is 0 Å². The molecule has 1 aromatic heterocycles. The largest absolute Gasteiger partial charge is 0.465 e. The van der Waals surface area contributed by atoms with Gasteiger partial charge in [0.2, 0.25) is 0 Å². The fourth-order valence-electron chi connectivity index (χ4n) is 2.09. The Morgan fingerprint density at radius 2 is 1.56 bits per heavy atom. The standard InChI is InChI=1S/C16H21NO/c1-11-5-8-15(9-6-11)13(3)17-14(4)16-10-7-12(2)18-16/h5-10,13-14,17H,1-4H3/t13-,14?/m0/s1. The molecule has 0 saturated carbocycles. The zero-order valence-corrected chi connectivity index (χ0v) is 11.5. The molecule has 0 amide bonds. The van der Waals surface area contributed by atoms with Crippen LogP contribution in [0, 0.1) is 13.8 Å². The minimum absolute atomic E-state index is 0.218. The molecule has 2 atom stereocenters. The maximum Gasteiger partial charge on any atom is 0.120 e. The normalized spacial score (nSPS) is 14.4. The van der Waals surface area contributed by atoms with Gasteiger partial charge in [0.1, 0.15) is 11.5 Å². The minimum atomic E-state index is 0.218. The van der Waals surface area contributed by atoms with E-state index in [1.165, 1.54) is 11.1 Å². The van der Waals surface area contributed by atoms with Crippen molar-refractivity contribution >= 4 is 0 Å².